The van der Waals surface area contributed by atoms with Gasteiger partial charge in [-0.3, -0.25) is 14.4 Å². The number of unbranched alkanes of at least 4 members (excludes halogenated alkanes) is 33. The minimum atomic E-state index is -1.91. The van der Waals surface area contributed by atoms with Crippen molar-refractivity contribution in [3.8, 4) is 0 Å². The molecular formula is C69H120O12. The van der Waals surface area contributed by atoms with E-state index in [0.29, 0.717) is 19.3 Å². The van der Waals surface area contributed by atoms with Gasteiger partial charge in [-0.05, 0) is 109 Å². The number of allylic oxidation sites excluding steroid dienone is 10. The summed E-state index contributed by atoms with van der Waals surface area (Å²) in [4.78, 5) is 51.4. The van der Waals surface area contributed by atoms with E-state index in [0.717, 1.165) is 128 Å². The van der Waals surface area contributed by atoms with Gasteiger partial charge in [0.1, 0.15) is 18.8 Å². The van der Waals surface area contributed by atoms with Crippen molar-refractivity contribution in [2.75, 3.05) is 13.2 Å². The molecule has 0 saturated carbocycles. The van der Waals surface area contributed by atoms with E-state index in [1.807, 2.05) is 0 Å². The van der Waals surface area contributed by atoms with Crippen molar-refractivity contribution in [1.29, 1.82) is 0 Å². The van der Waals surface area contributed by atoms with E-state index < -0.39 is 67.3 Å². The lowest BCUT2D eigenvalue weighted by molar-refractivity contribution is -0.301. The quantitative estimate of drug-likeness (QED) is 0.0228. The molecular weight excluding hydrogens is 1020 g/mol. The van der Waals surface area contributed by atoms with Crippen molar-refractivity contribution in [3.05, 3.63) is 60.8 Å². The van der Waals surface area contributed by atoms with E-state index in [1.165, 1.54) is 116 Å². The van der Waals surface area contributed by atoms with Gasteiger partial charge in [-0.15, -0.1) is 0 Å². The molecule has 1 rings (SSSR count). The molecule has 3 N–H and O–H groups in total. The van der Waals surface area contributed by atoms with Crippen molar-refractivity contribution in [3.63, 3.8) is 0 Å². The van der Waals surface area contributed by atoms with E-state index in [1.54, 1.807) is 0 Å². The smallest absolute Gasteiger partial charge is 0.335 e. The maximum Gasteiger partial charge on any atom is 0.335 e. The third-order valence-corrected chi connectivity index (χ3v) is 15.0. The van der Waals surface area contributed by atoms with Crippen LogP contribution in [0.1, 0.15) is 303 Å². The monoisotopic (exact) mass is 1140 g/mol. The second-order valence-electron chi connectivity index (χ2n) is 22.7. The van der Waals surface area contributed by atoms with Gasteiger partial charge in [-0.25, -0.2) is 4.79 Å². The number of aliphatic hydroxyl groups is 2. The first-order valence-corrected chi connectivity index (χ1v) is 33.3. The van der Waals surface area contributed by atoms with Crippen LogP contribution in [0.5, 0.6) is 0 Å². The average molecular weight is 1140 g/mol. The molecule has 12 nitrogen and oxygen atoms in total. The van der Waals surface area contributed by atoms with Gasteiger partial charge in [0.15, 0.2) is 24.6 Å². The molecule has 6 unspecified atom stereocenters. The summed E-state index contributed by atoms with van der Waals surface area (Å²) < 4.78 is 28.5. The van der Waals surface area contributed by atoms with Crippen molar-refractivity contribution in [2.45, 2.75) is 340 Å². The Balaban J connectivity index is 2.65. The van der Waals surface area contributed by atoms with Gasteiger partial charge in [0.25, 0.3) is 0 Å². The summed E-state index contributed by atoms with van der Waals surface area (Å²) in [5.74, 6) is -3.13. The minimum absolute atomic E-state index is 0.0506. The minimum Gasteiger partial charge on any atom is -0.479 e. The molecule has 0 aliphatic carbocycles. The average Bonchev–Trinajstić information content (AvgIpc) is 3.53. The molecule has 0 aromatic rings. The summed E-state index contributed by atoms with van der Waals surface area (Å²) in [6.07, 6.45) is 58.8. The zero-order valence-electron chi connectivity index (χ0n) is 51.8. The lowest BCUT2D eigenvalue weighted by Gasteiger charge is -2.40. The molecule has 1 aliphatic rings. The largest absolute Gasteiger partial charge is 0.479 e. The van der Waals surface area contributed by atoms with Crippen LogP contribution in [0.25, 0.3) is 0 Å². The Morgan fingerprint density at radius 1 is 0.407 bits per heavy atom. The first-order chi connectivity index (χ1) is 39.6. The van der Waals surface area contributed by atoms with E-state index in [4.69, 9.17) is 23.7 Å². The molecule has 0 spiro atoms. The Morgan fingerprint density at radius 3 is 1.15 bits per heavy atom. The molecule has 1 saturated heterocycles. The Morgan fingerprint density at radius 2 is 0.741 bits per heavy atom. The van der Waals surface area contributed by atoms with E-state index in [9.17, 15) is 34.5 Å². The summed E-state index contributed by atoms with van der Waals surface area (Å²) in [5.41, 5.74) is 0. The van der Waals surface area contributed by atoms with Gasteiger partial charge < -0.3 is 39.0 Å². The molecule has 81 heavy (non-hydrogen) atoms. The van der Waals surface area contributed by atoms with Crippen LogP contribution in [0.4, 0.5) is 0 Å². The van der Waals surface area contributed by atoms with Crippen molar-refractivity contribution in [1.82, 2.24) is 0 Å². The molecule has 1 heterocycles. The van der Waals surface area contributed by atoms with Gasteiger partial charge in [0.05, 0.1) is 6.61 Å². The number of ether oxygens (including phenoxy) is 5. The SMILES string of the molecule is CCCCC/C=C\C/C=C\CCCCCCCCCCCC(=O)OCC(COC1OC(C(=O)O)C(O)C(O)C1OC(=O)CCCCCCCCC/C=C\C/C=C\CCCCC)OC(=O)CCCCCCC/C=C\CCCCCCCC. The van der Waals surface area contributed by atoms with Crippen molar-refractivity contribution in [2.24, 2.45) is 0 Å². The van der Waals surface area contributed by atoms with Crippen molar-refractivity contribution >= 4 is 23.9 Å². The van der Waals surface area contributed by atoms with Gasteiger partial charge in [0, 0.05) is 19.3 Å². The number of hydrogen-bond donors (Lipinski definition) is 3. The maximum absolute atomic E-state index is 13.2. The summed E-state index contributed by atoms with van der Waals surface area (Å²) >= 11 is 0. The zero-order chi connectivity index (χ0) is 58.9. The highest BCUT2D eigenvalue weighted by atomic mass is 16.7. The zero-order valence-corrected chi connectivity index (χ0v) is 51.8. The molecule has 6 atom stereocenters. The Bertz CT molecular complexity index is 1640. The predicted octanol–water partition coefficient (Wildman–Crippen LogP) is 17.9. The lowest BCUT2D eigenvalue weighted by atomic mass is 9.98. The molecule has 1 fully saturated rings. The molecule has 0 radical (unpaired) electrons. The first-order valence-electron chi connectivity index (χ1n) is 33.3. The Kier molecular flexibility index (Phi) is 53.0. The molecule has 0 bridgehead atoms. The van der Waals surface area contributed by atoms with Crippen LogP contribution < -0.4 is 0 Å². The van der Waals surface area contributed by atoms with Crippen LogP contribution in [0, 0.1) is 0 Å². The third-order valence-electron chi connectivity index (χ3n) is 15.0. The number of aliphatic carboxylic acids is 1. The van der Waals surface area contributed by atoms with Gasteiger partial charge >= 0.3 is 23.9 Å². The van der Waals surface area contributed by atoms with Crippen LogP contribution in [0.15, 0.2) is 60.8 Å². The number of hydrogen-bond acceptors (Lipinski definition) is 11. The summed E-state index contributed by atoms with van der Waals surface area (Å²) in [5, 5.41) is 31.6. The maximum atomic E-state index is 13.2. The highest BCUT2D eigenvalue weighted by molar-refractivity contribution is 5.74. The van der Waals surface area contributed by atoms with Crippen LogP contribution in [-0.4, -0.2) is 89.2 Å². The van der Waals surface area contributed by atoms with E-state index >= 15 is 0 Å². The van der Waals surface area contributed by atoms with Gasteiger partial charge in [-0.1, -0.05) is 236 Å². The van der Waals surface area contributed by atoms with E-state index in [2.05, 4.69) is 81.5 Å². The summed E-state index contributed by atoms with van der Waals surface area (Å²) in [7, 11) is 0. The second-order valence-corrected chi connectivity index (χ2v) is 22.7. The number of rotatable bonds is 57. The normalized spacial score (nSPS) is 18.1. The molecule has 0 aromatic carbocycles. The number of esters is 3. The van der Waals surface area contributed by atoms with Crippen LogP contribution in [0.3, 0.4) is 0 Å². The first kappa shape index (κ1) is 75.4. The van der Waals surface area contributed by atoms with Crippen LogP contribution in [-0.2, 0) is 42.9 Å². The van der Waals surface area contributed by atoms with Crippen molar-refractivity contribution < 1.29 is 58.2 Å². The molecule has 12 heteroatoms. The fourth-order valence-electron chi connectivity index (χ4n) is 9.89. The summed E-state index contributed by atoms with van der Waals surface area (Å²) in [6.45, 7) is 5.96. The highest BCUT2D eigenvalue weighted by Gasteiger charge is 2.50. The predicted molar refractivity (Wildman–Crippen MR) is 331 cm³/mol. The molecule has 1 aliphatic heterocycles. The topological polar surface area (TPSA) is 175 Å². The van der Waals surface area contributed by atoms with Crippen LogP contribution in [0.2, 0.25) is 0 Å². The number of carboxylic acids is 1. The second kappa shape index (κ2) is 56.9. The molecule has 0 amide bonds. The molecule has 468 valence electrons. The van der Waals surface area contributed by atoms with E-state index in [-0.39, 0.29) is 25.9 Å². The number of aliphatic hydroxyl groups excluding tert-OH is 2. The Labute approximate surface area is 494 Å². The third kappa shape index (κ3) is 46.5. The Hall–Kier alpha value is -3.58. The number of carbonyl (C=O) groups is 4. The molecule has 0 aromatic heterocycles. The van der Waals surface area contributed by atoms with Crippen LogP contribution >= 0.6 is 0 Å². The summed E-state index contributed by atoms with van der Waals surface area (Å²) in [6, 6.07) is 0. The highest BCUT2D eigenvalue weighted by Crippen LogP contribution is 2.27. The van der Waals surface area contributed by atoms with Gasteiger partial charge in [-0.2, -0.15) is 0 Å². The number of carbonyl (C=O) groups excluding carboxylic acids is 3. The fraction of sp³-hybridized carbons (Fsp3) is 0.797. The number of carboxylic acid groups (broad SMARTS) is 1. The lowest BCUT2D eigenvalue weighted by Crippen LogP contribution is -2.61. The van der Waals surface area contributed by atoms with Gasteiger partial charge in [0.2, 0.25) is 0 Å². The fourth-order valence-corrected chi connectivity index (χ4v) is 9.89. The standard InChI is InChI=1S/C69H120O12/c1-4-7-10-13-16-19-22-25-28-30-31-33-35-37-40-43-46-49-52-55-61(70)77-58-60(79-62(71)56-53-50-47-44-41-38-34-27-24-21-18-15-12-9-6-3)59-78-69-67(65(74)64(73)66(81-69)68(75)76)80-63(72)57-54-51-48-45-42-39-36-32-29-26-23-20-17-14-11-8-5-2/h16-17,19-20,25-29,34,60,64-67,69,73-74H,4-15,18,21-24,30-33,35-59H2,1-3H3,(H,75,76)/b19-16-,20-17-,28-25-,29-26-,34-27-.